The van der Waals surface area contributed by atoms with E-state index in [2.05, 4.69) is 159 Å². The van der Waals surface area contributed by atoms with Gasteiger partial charge in [0.25, 0.3) is 0 Å². The van der Waals surface area contributed by atoms with E-state index in [1.165, 1.54) is 38.9 Å². The molecule has 2 aromatic heterocycles. The van der Waals surface area contributed by atoms with Gasteiger partial charge in [0.15, 0.2) is 0 Å². The minimum absolute atomic E-state index is 0.788. The number of aromatic nitrogens is 3. The van der Waals surface area contributed by atoms with E-state index in [-0.39, 0.29) is 0 Å². The maximum Gasteiger partial charge on any atom is 0.136 e. The van der Waals surface area contributed by atoms with E-state index in [9.17, 15) is 0 Å². The molecule has 0 atom stereocenters. The highest BCUT2D eigenvalue weighted by Crippen LogP contribution is 2.52. The molecule has 1 aliphatic rings. The van der Waals surface area contributed by atoms with Gasteiger partial charge in [-0.3, -0.25) is 0 Å². The molecule has 246 valence electrons. The summed E-state index contributed by atoms with van der Waals surface area (Å²) in [6, 6.07) is 53.3. The van der Waals surface area contributed by atoms with Crippen molar-refractivity contribution in [3.05, 3.63) is 174 Å². The first-order valence-corrected chi connectivity index (χ1v) is 17.8. The van der Waals surface area contributed by atoms with Crippen molar-refractivity contribution in [2.24, 2.45) is 0 Å². The number of benzene rings is 7. The number of nitrogens with zero attached hydrogens (tertiary/aromatic N) is 3. The molecule has 7 aromatic carbocycles. The number of rotatable bonds is 5. The highest BCUT2D eigenvalue weighted by molar-refractivity contribution is 6.17. The Hall–Kier alpha value is -6.65. The number of para-hydroxylation sites is 1. The van der Waals surface area contributed by atoms with Gasteiger partial charge >= 0.3 is 0 Å². The van der Waals surface area contributed by atoms with Crippen molar-refractivity contribution in [2.75, 3.05) is 0 Å². The lowest BCUT2D eigenvalue weighted by Gasteiger charge is -2.22. The SMILES string of the molecule is Cc1cc2c(c(-c3c(-c4ccccc4-c4ccccc4)nnnc3-c3c(-c4ccccc4)ccc4oc5ccccc5c34)c1C)Cc1ccccc1-2. The van der Waals surface area contributed by atoms with E-state index in [1.807, 2.05) is 12.1 Å². The lowest BCUT2D eigenvalue weighted by atomic mass is 9.82. The minimum Gasteiger partial charge on any atom is -0.456 e. The van der Waals surface area contributed by atoms with Crippen LogP contribution in [0, 0.1) is 13.8 Å². The molecular formula is C48H33N3O. The maximum atomic E-state index is 6.54. The molecule has 10 rings (SSSR count). The Balaban J connectivity index is 1.39. The smallest absolute Gasteiger partial charge is 0.136 e. The van der Waals surface area contributed by atoms with Gasteiger partial charge in [-0.15, -0.1) is 10.2 Å². The molecular weight excluding hydrogens is 635 g/mol. The van der Waals surface area contributed by atoms with E-state index in [0.29, 0.717) is 0 Å². The lowest BCUT2D eigenvalue weighted by Crippen LogP contribution is -2.05. The van der Waals surface area contributed by atoms with Gasteiger partial charge in [-0.2, -0.15) is 0 Å². The van der Waals surface area contributed by atoms with Crippen molar-refractivity contribution >= 4 is 21.9 Å². The molecule has 1 aliphatic carbocycles. The minimum atomic E-state index is 0.788. The Morgan fingerprint density at radius 3 is 1.90 bits per heavy atom. The summed E-state index contributed by atoms with van der Waals surface area (Å²) < 4.78 is 6.54. The summed E-state index contributed by atoms with van der Waals surface area (Å²) in [5, 5.41) is 16.8. The fourth-order valence-electron chi connectivity index (χ4n) is 8.26. The predicted octanol–water partition coefficient (Wildman–Crippen LogP) is 12.3. The summed E-state index contributed by atoms with van der Waals surface area (Å²) in [5.41, 5.74) is 19.4. The quantitative estimate of drug-likeness (QED) is 0.183. The number of hydrogen-bond donors (Lipinski definition) is 0. The van der Waals surface area contributed by atoms with Crippen LogP contribution in [-0.2, 0) is 6.42 Å². The molecule has 0 saturated heterocycles. The van der Waals surface area contributed by atoms with Crippen LogP contribution in [0.4, 0.5) is 0 Å². The molecule has 0 N–H and O–H groups in total. The van der Waals surface area contributed by atoms with Crippen LogP contribution in [0.25, 0.3) is 89.0 Å². The number of hydrogen-bond acceptors (Lipinski definition) is 4. The van der Waals surface area contributed by atoms with Crippen LogP contribution >= 0.6 is 0 Å². The van der Waals surface area contributed by atoms with Crippen LogP contribution in [0.5, 0.6) is 0 Å². The molecule has 0 fully saturated rings. The standard InChI is InChI=1S/C48H33N3O/c1-29-27-39-35-21-10-9-19-33(35)28-40(39)43(30(29)2)46-47(37-22-12-11-20-34(37)31-15-5-3-6-16-31)49-51-50-48(46)45-36(32-17-7-4-8-18-32)25-26-42-44(45)38-23-13-14-24-41(38)52-42/h3-27H,28H2,1-2H3. The zero-order valence-corrected chi connectivity index (χ0v) is 28.9. The van der Waals surface area contributed by atoms with Gasteiger partial charge in [-0.1, -0.05) is 133 Å². The topological polar surface area (TPSA) is 51.8 Å². The van der Waals surface area contributed by atoms with Crippen LogP contribution in [0.2, 0.25) is 0 Å². The van der Waals surface area contributed by atoms with Gasteiger partial charge in [0.2, 0.25) is 0 Å². The highest BCUT2D eigenvalue weighted by atomic mass is 16.3. The zero-order valence-electron chi connectivity index (χ0n) is 28.9. The molecule has 4 nitrogen and oxygen atoms in total. The fourth-order valence-corrected chi connectivity index (χ4v) is 8.26. The molecule has 52 heavy (non-hydrogen) atoms. The zero-order chi connectivity index (χ0) is 34.8. The summed E-state index contributed by atoms with van der Waals surface area (Å²) >= 11 is 0. The summed E-state index contributed by atoms with van der Waals surface area (Å²) in [5.74, 6) is 0. The Morgan fingerprint density at radius 2 is 1.12 bits per heavy atom. The second-order valence-electron chi connectivity index (χ2n) is 13.7. The second kappa shape index (κ2) is 12.0. The third-order valence-corrected chi connectivity index (χ3v) is 10.8. The monoisotopic (exact) mass is 667 g/mol. The van der Waals surface area contributed by atoms with Crippen molar-refractivity contribution in [3.63, 3.8) is 0 Å². The first-order chi connectivity index (χ1) is 25.7. The number of aryl methyl sites for hydroxylation is 1. The van der Waals surface area contributed by atoms with E-state index >= 15 is 0 Å². The molecule has 0 radical (unpaired) electrons. The van der Waals surface area contributed by atoms with Gasteiger partial charge in [0.05, 0.1) is 0 Å². The van der Waals surface area contributed by atoms with Crippen molar-refractivity contribution < 1.29 is 4.42 Å². The molecule has 4 heteroatoms. The average Bonchev–Trinajstić information content (AvgIpc) is 3.77. The third kappa shape index (κ3) is 4.65. The summed E-state index contributed by atoms with van der Waals surface area (Å²) in [4.78, 5) is 0. The second-order valence-corrected chi connectivity index (χ2v) is 13.7. The van der Waals surface area contributed by atoms with Crippen LogP contribution < -0.4 is 0 Å². The number of furan rings is 1. The van der Waals surface area contributed by atoms with Gasteiger partial charge in [-0.05, 0) is 105 Å². The Labute approximate surface area is 302 Å². The van der Waals surface area contributed by atoms with Crippen molar-refractivity contribution in [1.29, 1.82) is 0 Å². The third-order valence-electron chi connectivity index (χ3n) is 10.8. The summed E-state index contributed by atoms with van der Waals surface area (Å²) in [7, 11) is 0. The molecule has 2 heterocycles. The molecule has 0 amide bonds. The maximum absolute atomic E-state index is 6.54. The van der Waals surface area contributed by atoms with Gasteiger partial charge in [0.1, 0.15) is 22.6 Å². The molecule has 0 bridgehead atoms. The first kappa shape index (κ1) is 30.2. The van der Waals surface area contributed by atoms with Crippen molar-refractivity contribution in [3.8, 4) is 67.0 Å². The van der Waals surface area contributed by atoms with Gasteiger partial charge in [-0.25, -0.2) is 0 Å². The predicted molar refractivity (Wildman–Crippen MR) is 212 cm³/mol. The molecule has 0 unspecified atom stereocenters. The molecule has 0 spiro atoms. The van der Waals surface area contributed by atoms with Crippen molar-refractivity contribution in [2.45, 2.75) is 20.3 Å². The van der Waals surface area contributed by atoms with Gasteiger partial charge in [0, 0.05) is 27.5 Å². The van der Waals surface area contributed by atoms with Crippen LogP contribution in [0.15, 0.2) is 156 Å². The van der Waals surface area contributed by atoms with Crippen LogP contribution in [0.3, 0.4) is 0 Å². The summed E-state index contributed by atoms with van der Waals surface area (Å²) in [6.07, 6.45) is 0.827. The molecule has 0 saturated carbocycles. The largest absolute Gasteiger partial charge is 0.456 e. The summed E-state index contributed by atoms with van der Waals surface area (Å²) in [6.45, 7) is 4.47. The van der Waals surface area contributed by atoms with Gasteiger partial charge < -0.3 is 4.42 Å². The average molecular weight is 668 g/mol. The Bertz CT molecular complexity index is 2840. The Morgan fingerprint density at radius 1 is 0.481 bits per heavy atom. The van der Waals surface area contributed by atoms with E-state index in [1.54, 1.807) is 0 Å². The lowest BCUT2D eigenvalue weighted by molar-refractivity contribution is 0.669. The van der Waals surface area contributed by atoms with E-state index in [0.717, 1.165) is 78.7 Å². The van der Waals surface area contributed by atoms with Crippen molar-refractivity contribution in [1.82, 2.24) is 15.4 Å². The number of fused-ring (bicyclic) bond motifs is 6. The van der Waals surface area contributed by atoms with Crippen LogP contribution in [0.1, 0.15) is 22.3 Å². The molecule has 0 aliphatic heterocycles. The Kier molecular flexibility index (Phi) is 6.97. The van der Waals surface area contributed by atoms with Crippen LogP contribution in [-0.4, -0.2) is 15.4 Å². The first-order valence-electron chi connectivity index (χ1n) is 17.8. The van der Waals surface area contributed by atoms with E-state index in [4.69, 9.17) is 14.6 Å². The highest BCUT2D eigenvalue weighted by Gasteiger charge is 2.31. The van der Waals surface area contributed by atoms with E-state index < -0.39 is 0 Å². The fraction of sp³-hybridized carbons (Fsp3) is 0.0625. The normalized spacial score (nSPS) is 12.0. The molecule has 9 aromatic rings.